The highest BCUT2D eigenvalue weighted by Gasteiger charge is 1.93. The Morgan fingerprint density at radius 2 is 2.07 bits per heavy atom. The second-order valence-corrected chi connectivity index (χ2v) is 2.95. The third kappa shape index (κ3) is 3.35. The molecule has 0 aromatic heterocycles. The van der Waals surface area contributed by atoms with Gasteiger partial charge in [0.2, 0.25) is 0 Å². The second-order valence-electron chi connectivity index (χ2n) is 2.95. The molecule has 0 heterocycles. The molecule has 0 saturated carbocycles. The molecule has 0 aliphatic heterocycles. The number of guanidine groups is 1. The first kappa shape index (κ1) is 10.4. The molecule has 0 aliphatic carbocycles. The summed E-state index contributed by atoms with van der Waals surface area (Å²) < 4.78 is 0. The molecular formula is C10H15N3O. The van der Waals surface area contributed by atoms with Gasteiger partial charge in [0.25, 0.3) is 0 Å². The van der Waals surface area contributed by atoms with Crippen LogP contribution in [0.3, 0.4) is 0 Å². The lowest BCUT2D eigenvalue weighted by molar-refractivity contribution is 0.475. The number of phenols is 1. The molecule has 0 saturated heterocycles. The van der Waals surface area contributed by atoms with E-state index in [2.05, 4.69) is 10.3 Å². The van der Waals surface area contributed by atoms with E-state index in [0.29, 0.717) is 5.96 Å². The molecule has 4 heteroatoms. The summed E-state index contributed by atoms with van der Waals surface area (Å²) in [5.74, 6) is 0.736. The summed E-state index contributed by atoms with van der Waals surface area (Å²) in [6.45, 7) is 0.744. The molecule has 4 nitrogen and oxygen atoms in total. The molecule has 0 aliphatic rings. The summed E-state index contributed by atoms with van der Waals surface area (Å²) >= 11 is 0. The van der Waals surface area contributed by atoms with Crippen LogP contribution in [0.15, 0.2) is 29.3 Å². The lowest BCUT2D eigenvalue weighted by Gasteiger charge is -2.04. The minimum atomic E-state index is 0.288. The fourth-order valence-corrected chi connectivity index (χ4v) is 1.08. The van der Waals surface area contributed by atoms with Gasteiger partial charge in [0.1, 0.15) is 5.75 Å². The van der Waals surface area contributed by atoms with Crippen molar-refractivity contribution in [3.05, 3.63) is 29.8 Å². The van der Waals surface area contributed by atoms with Crippen molar-refractivity contribution in [3.8, 4) is 5.75 Å². The van der Waals surface area contributed by atoms with Crippen LogP contribution >= 0.6 is 0 Å². The zero-order chi connectivity index (χ0) is 10.4. The van der Waals surface area contributed by atoms with E-state index in [0.717, 1.165) is 18.5 Å². The van der Waals surface area contributed by atoms with E-state index in [1.54, 1.807) is 19.2 Å². The smallest absolute Gasteiger partial charge is 0.188 e. The lowest BCUT2D eigenvalue weighted by Crippen LogP contribution is -2.32. The number of nitrogens with two attached hydrogens (primary N) is 1. The highest BCUT2D eigenvalue weighted by Crippen LogP contribution is 2.09. The maximum atomic E-state index is 9.05. The number of nitrogens with one attached hydrogen (secondary N) is 1. The molecule has 14 heavy (non-hydrogen) atoms. The van der Waals surface area contributed by atoms with Crippen molar-refractivity contribution in [1.29, 1.82) is 0 Å². The quantitative estimate of drug-likeness (QED) is 0.482. The van der Waals surface area contributed by atoms with Crippen molar-refractivity contribution in [2.45, 2.75) is 6.42 Å². The fourth-order valence-electron chi connectivity index (χ4n) is 1.08. The molecule has 0 radical (unpaired) electrons. The van der Waals surface area contributed by atoms with Crippen molar-refractivity contribution in [2.24, 2.45) is 10.7 Å². The molecule has 0 bridgehead atoms. The van der Waals surface area contributed by atoms with E-state index < -0.39 is 0 Å². The van der Waals surface area contributed by atoms with Crippen molar-refractivity contribution in [2.75, 3.05) is 13.6 Å². The Kier molecular flexibility index (Phi) is 3.79. The van der Waals surface area contributed by atoms with Gasteiger partial charge < -0.3 is 16.2 Å². The number of rotatable bonds is 3. The largest absolute Gasteiger partial charge is 0.508 e. The van der Waals surface area contributed by atoms with Crippen molar-refractivity contribution in [3.63, 3.8) is 0 Å². The Morgan fingerprint density at radius 3 is 2.64 bits per heavy atom. The second kappa shape index (κ2) is 5.11. The number of benzene rings is 1. The van der Waals surface area contributed by atoms with E-state index >= 15 is 0 Å². The van der Waals surface area contributed by atoms with E-state index in [9.17, 15) is 0 Å². The van der Waals surface area contributed by atoms with Gasteiger partial charge in [0.05, 0.1) is 0 Å². The standard InChI is InChI=1S/C10H15N3O/c1-12-10(11)13-7-6-8-2-4-9(14)5-3-8/h2-5,14H,6-7H2,1H3,(H3,11,12,13). The van der Waals surface area contributed by atoms with Crippen LogP contribution in [-0.4, -0.2) is 24.7 Å². The van der Waals surface area contributed by atoms with Crippen LogP contribution in [0, 0.1) is 0 Å². The average molecular weight is 193 g/mol. The van der Waals surface area contributed by atoms with Crippen molar-refractivity contribution >= 4 is 5.96 Å². The summed E-state index contributed by atoms with van der Waals surface area (Å²) in [5, 5.41) is 12.0. The van der Waals surface area contributed by atoms with Crippen LogP contribution in [0.4, 0.5) is 0 Å². The van der Waals surface area contributed by atoms with Gasteiger partial charge in [-0.05, 0) is 24.1 Å². The minimum absolute atomic E-state index is 0.288. The zero-order valence-electron chi connectivity index (χ0n) is 8.20. The molecule has 0 spiro atoms. The summed E-state index contributed by atoms with van der Waals surface area (Å²) in [6, 6.07) is 7.12. The van der Waals surface area contributed by atoms with Gasteiger partial charge in [-0.25, -0.2) is 0 Å². The summed E-state index contributed by atoms with van der Waals surface area (Å²) in [7, 11) is 1.64. The molecule has 0 atom stereocenters. The topological polar surface area (TPSA) is 70.6 Å². The van der Waals surface area contributed by atoms with Crippen LogP contribution in [0.5, 0.6) is 5.75 Å². The van der Waals surface area contributed by atoms with Crippen LogP contribution in [0.2, 0.25) is 0 Å². The predicted octanol–water partition coefficient (Wildman–Crippen LogP) is 0.469. The van der Waals surface area contributed by atoms with Crippen LogP contribution < -0.4 is 11.1 Å². The number of nitrogens with zero attached hydrogens (tertiary/aromatic N) is 1. The monoisotopic (exact) mass is 193 g/mol. The van der Waals surface area contributed by atoms with E-state index in [4.69, 9.17) is 10.8 Å². The first-order chi connectivity index (χ1) is 6.72. The number of aromatic hydroxyl groups is 1. The zero-order valence-corrected chi connectivity index (χ0v) is 8.20. The van der Waals surface area contributed by atoms with Gasteiger partial charge in [-0.2, -0.15) is 0 Å². The summed E-state index contributed by atoms with van der Waals surface area (Å²) in [4.78, 5) is 3.78. The highest BCUT2D eigenvalue weighted by atomic mass is 16.3. The van der Waals surface area contributed by atoms with Gasteiger partial charge in [-0.15, -0.1) is 0 Å². The van der Waals surface area contributed by atoms with Gasteiger partial charge in [0.15, 0.2) is 5.96 Å². The first-order valence-electron chi connectivity index (χ1n) is 4.46. The third-order valence-electron chi connectivity index (χ3n) is 1.90. The maximum Gasteiger partial charge on any atom is 0.188 e. The normalized spacial score (nSPS) is 11.4. The first-order valence-corrected chi connectivity index (χ1v) is 4.46. The lowest BCUT2D eigenvalue weighted by atomic mass is 10.1. The number of phenolic OH excluding ortho intramolecular Hbond substituents is 1. The Labute approximate surface area is 83.5 Å². The van der Waals surface area contributed by atoms with E-state index in [-0.39, 0.29) is 5.75 Å². The SMILES string of the molecule is CN=C(N)NCCc1ccc(O)cc1. The summed E-state index contributed by atoms with van der Waals surface area (Å²) in [5.41, 5.74) is 6.61. The Morgan fingerprint density at radius 1 is 1.43 bits per heavy atom. The van der Waals surface area contributed by atoms with Crippen LogP contribution in [0.1, 0.15) is 5.56 Å². The number of aliphatic imine (C=N–C) groups is 1. The van der Waals surface area contributed by atoms with Gasteiger partial charge in [-0.3, -0.25) is 4.99 Å². The molecule has 1 aromatic carbocycles. The fraction of sp³-hybridized carbons (Fsp3) is 0.300. The van der Waals surface area contributed by atoms with Crippen molar-refractivity contribution < 1.29 is 5.11 Å². The molecular weight excluding hydrogens is 178 g/mol. The predicted molar refractivity (Wildman–Crippen MR) is 57.4 cm³/mol. The summed E-state index contributed by atoms with van der Waals surface area (Å²) in [6.07, 6.45) is 0.858. The molecule has 0 amide bonds. The van der Waals surface area contributed by atoms with Gasteiger partial charge >= 0.3 is 0 Å². The Balaban J connectivity index is 2.35. The molecule has 4 N–H and O–H groups in total. The average Bonchev–Trinajstić information content (AvgIpc) is 2.21. The van der Waals surface area contributed by atoms with Crippen LogP contribution in [-0.2, 0) is 6.42 Å². The van der Waals surface area contributed by atoms with E-state index in [1.807, 2.05) is 12.1 Å². The third-order valence-corrected chi connectivity index (χ3v) is 1.90. The Bertz CT molecular complexity index is 306. The van der Waals surface area contributed by atoms with Crippen LogP contribution in [0.25, 0.3) is 0 Å². The van der Waals surface area contributed by atoms with E-state index in [1.165, 1.54) is 0 Å². The molecule has 1 aromatic rings. The maximum absolute atomic E-state index is 9.05. The molecule has 76 valence electrons. The highest BCUT2D eigenvalue weighted by molar-refractivity contribution is 5.77. The van der Waals surface area contributed by atoms with Crippen molar-refractivity contribution in [1.82, 2.24) is 5.32 Å². The number of hydrogen-bond donors (Lipinski definition) is 3. The van der Waals surface area contributed by atoms with Gasteiger partial charge in [-0.1, -0.05) is 12.1 Å². The van der Waals surface area contributed by atoms with Gasteiger partial charge in [0, 0.05) is 13.6 Å². The molecule has 1 rings (SSSR count). The Hall–Kier alpha value is -1.71. The molecule has 0 fully saturated rings. The number of hydrogen-bond acceptors (Lipinski definition) is 2. The minimum Gasteiger partial charge on any atom is -0.508 e. The molecule has 0 unspecified atom stereocenters.